The summed E-state index contributed by atoms with van der Waals surface area (Å²) in [6.07, 6.45) is 0. The first-order valence-corrected chi connectivity index (χ1v) is 6.97. The molecule has 19 heavy (non-hydrogen) atoms. The molecular weight excluding hydrogens is 262 g/mol. The number of hydrogen-bond acceptors (Lipinski definition) is 2. The zero-order chi connectivity index (χ0) is 14.6. The fourth-order valence-electron chi connectivity index (χ4n) is 2.24. The summed E-state index contributed by atoms with van der Waals surface area (Å²) < 4.78 is 0. The first-order chi connectivity index (χ1) is 8.82. The van der Waals surface area contributed by atoms with Crippen molar-refractivity contribution in [3.8, 4) is 5.75 Å². The van der Waals surface area contributed by atoms with E-state index in [4.69, 9.17) is 11.6 Å². The maximum absolute atomic E-state index is 12.0. The number of hydrogen-bond donors (Lipinski definition) is 2. The number of phenolic OH excluding ortho intramolecular Hbond substituents is 1. The highest BCUT2D eigenvalue weighted by Gasteiger charge is 2.19. The van der Waals surface area contributed by atoms with E-state index in [2.05, 4.69) is 33.0 Å². The molecule has 106 valence electrons. The average molecular weight is 284 g/mol. The monoisotopic (exact) mass is 283 g/mol. The largest absolute Gasteiger partial charge is 0.507 e. The molecular formula is C15H22ClNO2. The second kappa shape index (κ2) is 6.80. The third-order valence-electron chi connectivity index (χ3n) is 3.41. The molecule has 1 rings (SSSR count). The lowest BCUT2D eigenvalue weighted by Crippen LogP contribution is -2.33. The Kier molecular flexibility index (Phi) is 5.67. The Bertz CT molecular complexity index is 436. The van der Waals surface area contributed by atoms with Crippen molar-refractivity contribution < 1.29 is 9.90 Å². The molecule has 4 heteroatoms. The Hall–Kier alpha value is -1.22. The van der Waals surface area contributed by atoms with Gasteiger partial charge in [0, 0.05) is 11.6 Å². The van der Waals surface area contributed by atoms with Gasteiger partial charge in [-0.25, -0.2) is 0 Å². The van der Waals surface area contributed by atoms with E-state index in [9.17, 15) is 9.90 Å². The van der Waals surface area contributed by atoms with Crippen LogP contribution in [0.3, 0.4) is 0 Å². The van der Waals surface area contributed by atoms with Gasteiger partial charge < -0.3 is 10.4 Å². The molecule has 0 saturated heterocycles. The second-order valence-corrected chi connectivity index (χ2v) is 5.96. The maximum atomic E-state index is 12.0. The van der Waals surface area contributed by atoms with Crippen molar-refractivity contribution in [1.29, 1.82) is 0 Å². The lowest BCUT2D eigenvalue weighted by atomic mass is 9.85. The van der Waals surface area contributed by atoms with Crippen LogP contribution in [0.2, 0.25) is 5.02 Å². The van der Waals surface area contributed by atoms with Crippen LogP contribution in [0.25, 0.3) is 0 Å². The number of aromatic hydroxyl groups is 1. The van der Waals surface area contributed by atoms with Crippen molar-refractivity contribution in [3.05, 3.63) is 28.8 Å². The third-order valence-corrected chi connectivity index (χ3v) is 3.65. The minimum Gasteiger partial charge on any atom is -0.507 e. The van der Waals surface area contributed by atoms with Gasteiger partial charge in [-0.15, -0.1) is 0 Å². The maximum Gasteiger partial charge on any atom is 0.255 e. The fourth-order valence-corrected chi connectivity index (χ4v) is 2.41. The van der Waals surface area contributed by atoms with Crippen molar-refractivity contribution in [1.82, 2.24) is 5.32 Å². The number of benzene rings is 1. The Balaban J connectivity index is 2.72. The number of carbonyl (C=O) groups excluding carboxylic acids is 1. The van der Waals surface area contributed by atoms with E-state index in [0.717, 1.165) is 0 Å². The zero-order valence-corrected chi connectivity index (χ0v) is 12.7. The molecule has 0 aliphatic rings. The van der Waals surface area contributed by atoms with Crippen LogP contribution in [0, 0.1) is 17.8 Å². The standard InChI is InChI=1S/C15H22ClNO2/c1-9(2)13(10(3)4)8-17-15(19)12-7-11(16)5-6-14(12)18/h5-7,9-10,13,18H,8H2,1-4H3,(H,17,19). The Morgan fingerprint density at radius 1 is 1.26 bits per heavy atom. The molecule has 1 amide bonds. The normalized spacial score (nSPS) is 11.4. The number of halogens is 1. The van der Waals surface area contributed by atoms with Crippen LogP contribution in [0.15, 0.2) is 18.2 Å². The summed E-state index contributed by atoms with van der Waals surface area (Å²) in [5, 5.41) is 13.0. The van der Waals surface area contributed by atoms with Gasteiger partial charge in [-0.1, -0.05) is 39.3 Å². The molecule has 3 nitrogen and oxygen atoms in total. The van der Waals surface area contributed by atoms with Crippen LogP contribution >= 0.6 is 11.6 Å². The zero-order valence-electron chi connectivity index (χ0n) is 11.9. The van der Waals surface area contributed by atoms with Gasteiger partial charge in [0.15, 0.2) is 0 Å². The molecule has 0 aliphatic heterocycles. The summed E-state index contributed by atoms with van der Waals surface area (Å²) in [4.78, 5) is 12.0. The SMILES string of the molecule is CC(C)C(CNC(=O)c1cc(Cl)ccc1O)C(C)C. The minimum atomic E-state index is -0.286. The van der Waals surface area contributed by atoms with Crippen molar-refractivity contribution in [3.63, 3.8) is 0 Å². The van der Waals surface area contributed by atoms with E-state index >= 15 is 0 Å². The summed E-state index contributed by atoms with van der Waals surface area (Å²) in [6.45, 7) is 9.18. The molecule has 0 radical (unpaired) electrons. The molecule has 1 aromatic carbocycles. The molecule has 0 saturated carbocycles. The minimum absolute atomic E-state index is 0.0486. The number of amides is 1. The highest BCUT2D eigenvalue weighted by Crippen LogP contribution is 2.22. The molecule has 1 aromatic rings. The van der Waals surface area contributed by atoms with E-state index in [1.807, 2.05) is 0 Å². The lowest BCUT2D eigenvalue weighted by Gasteiger charge is -2.25. The van der Waals surface area contributed by atoms with Crippen molar-refractivity contribution >= 4 is 17.5 Å². The summed E-state index contributed by atoms with van der Waals surface area (Å²) in [6, 6.07) is 4.46. The van der Waals surface area contributed by atoms with Gasteiger partial charge in [-0.05, 0) is 36.0 Å². The molecule has 0 fully saturated rings. The van der Waals surface area contributed by atoms with Gasteiger partial charge >= 0.3 is 0 Å². The van der Waals surface area contributed by atoms with Gasteiger partial charge in [0.05, 0.1) is 5.56 Å². The summed E-state index contributed by atoms with van der Waals surface area (Å²) in [5.74, 6) is 1.06. The molecule has 0 bridgehead atoms. The highest BCUT2D eigenvalue weighted by molar-refractivity contribution is 6.31. The van der Waals surface area contributed by atoms with E-state index in [-0.39, 0.29) is 17.2 Å². The number of phenols is 1. The number of nitrogens with one attached hydrogen (secondary N) is 1. The number of carbonyl (C=O) groups is 1. The molecule has 0 aromatic heterocycles. The third kappa shape index (κ3) is 4.43. The van der Waals surface area contributed by atoms with Crippen molar-refractivity contribution in [2.45, 2.75) is 27.7 Å². The van der Waals surface area contributed by atoms with Crippen molar-refractivity contribution in [2.24, 2.45) is 17.8 Å². The highest BCUT2D eigenvalue weighted by atomic mass is 35.5. The Morgan fingerprint density at radius 3 is 2.37 bits per heavy atom. The molecule has 0 heterocycles. The van der Waals surface area contributed by atoms with Crippen LogP contribution in [-0.2, 0) is 0 Å². The predicted octanol–water partition coefficient (Wildman–Crippen LogP) is 3.70. The van der Waals surface area contributed by atoms with Gasteiger partial charge in [0.2, 0.25) is 0 Å². The summed E-state index contributed by atoms with van der Waals surface area (Å²) in [5.41, 5.74) is 0.221. The molecule has 0 atom stereocenters. The van der Waals surface area contributed by atoms with E-state index in [1.54, 1.807) is 6.07 Å². The topological polar surface area (TPSA) is 49.3 Å². The molecule has 0 aliphatic carbocycles. The second-order valence-electron chi connectivity index (χ2n) is 5.52. The van der Waals surface area contributed by atoms with Crippen LogP contribution in [-0.4, -0.2) is 17.6 Å². The van der Waals surface area contributed by atoms with Crippen LogP contribution < -0.4 is 5.32 Å². The average Bonchev–Trinajstić information content (AvgIpc) is 2.31. The van der Waals surface area contributed by atoms with Gasteiger partial charge in [0.25, 0.3) is 5.91 Å². The summed E-state index contributed by atoms with van der Waals surface area (Å²) >= 11 is 5.83. The van der Waals surface area contributed by atoms with Crippen LogP contribution in [0.4, 0.5) is 0 Å². The Labute approximate surface area is 120 Å². The first-order valence-electron chi connectivity index (χ1n) is 6.59. The quantitative estimate of drug-likeness (QED) is 0.865. The summed E-state index contributed by atoms with van der Waals surface area (Å²) in [7, 11) is 0. The van der Waals surface area contributed by atoms with Gasteiger partial charge in [0.1, 0.15) is 5.75 Å². The predicted molar refractivity (Wildman–Crippen MR) is 78.6 cm³/mol. The molecule has 0 unspecified atom stereocenters. The smallest absolute Gasteiger partial charge is 0.255 e. The first kappa shape index (κ1) is 15.8. The van der Waals surface area contributed by atoms with Gasteiger partial charge in [-0.3, -0.25) is 4.79 Å². The van der Waals surface area contributed by atoms with Gasteiger partial charge in [-0.2, -0.15) is 0 Å². The number of rotatable bonds is 5. The van der Waals surface area contributed by atoms with Crippen LogP contribution in [0.1, 0.15) is 38.1 Å². The van der Waals surface area contributed by atoms with Crippen LogP contribution in [0.5, 0.6) is 5.75 Å². The Morgan fingerprint density at radius 2 is 1.84 bits per heavy atom. The molecule has 2 N–H and O–H groups in total. The fraction of sp³-hybridized carbons (Fsp3) is 0.533. The van der Waals surface area contributed by atoms with E-state index < -0.39 is 0 Å². The van der Waals surface area contributed by atoms with Crippen molar-refractivity contribution in [2.75, 3.05) is 6.54 Å². The molecule has 0 spiro atoms. The van der Waals surface area contributed by atoms with E-state index in [0.29, 0.717) is 29.3 Å². The van der Waals surface area contributed by atoms with E-state index in [1.165, 1.54) is 12.1 Å². The lowest BCUT2D eigenvalue weighted by molar-refractivity contribution is 0.0934.